The van der Waals surface area contributed by atoms with Gasteiger partial charge in [-0.25, -0.2) is 0 Å². The van der Waals surface area contributed by atoms with Crippen molar-refractivity contribution >= 4 is 21.6 Å². The molecule has 1 aromatic carbocycles. The summed E-state index contributed by atoms with van der Waals surface area (Å²) < 4.78 is 0.863. The van der Waals surface area contributed by atoms with E-state index in [-0.39, 0.29) is 6.04 Å². The maximum atomic E-state index is 8.88. The molecule has 1 saturated heterocycles. The predicted molar refractivity (Wildman–Crippen MR) is 72.8 cm³/mol. The van der Waals surface area contributed by atoms with Gasteiger partial charge in [0.2, 0.25) is 0 Å². The van der Waals surface area contributed by atoms with Crippen molar-refractivity contribution in [3.63, 3.8) is 0 Å². The summed E-state index contributed by atoms with van der Waals surface area (Å²) in [5.41, 5.74) is 7.78. The summed E-state index contributed by atoms with van der Waals surface area (Å²) in [6, 6.07) is 8.29. The summed E-state index contributed by atoms with van der Waals surface area (Å²) in [6.07, 6.45) is 1.15. The van der Waals surface area contributed by atoms with E-state index in [0.29, 0.717) is 11.5 Å². The standard InChI is InChI=1S/C13H16BrN3/c1-9(16)11-4-5-17(8-11)12-3-2-10(7-15)13(14)6-12/h2-3,6,9,11H,4-5,8,16H2,1H3. The van der Waals surface area contributed by atoms with Crippen molar-refractivity contribution in [2.75, 3.05) is 18.0 Å². The average molecular weight is 294 g/mol. The van der Waals surface area contributed by atoms with Crippen LogP contribution < -0.4 is 10.6 Å². The lowest BCUT2D eigenvalue weighted by atomic mass is 10.0. The van der Waals surface area contributed by atoms with Crippen LogP contribution in [-0.2, 0) is 0 Å². The molecule has 90 valence electrons. The van der Waals surface area contributed by atoms with Crippen LogP contribution in [0.4, 0.5) is 5.69 Å². The van der Waals surface area contributed by atoms with Gasteiger partial charge in [0.15, 0.2) is 0 Å². The van der Waals surface area contributed by atoms with Crippen molar-refractivity contribution in [2.45, 2.75) is 19.4 Å². The van der Waals surface area contributed by atoms with Crippen molar-refractivity contribution in [1.29, 1.82) is 5.26 Å². The SMILES string of the molecule is CC(N)C1CCN(c2ccc(C#N)c(Br)c2)C1. The molecule has 1 aliphatic rings. The van der Waals surface area contributed by atoms with E-state index in [4.69, 9.17) is 11.0 Å². The second kappa shape index (κ2) is 5.07. The Bertz CT molecular complexity index is 450. The van der Waals surface area contributed by atoms with E-state index < -0.39 is 0 Å². The topological polar surface area (TPSA) is 53.0 Å². The quantitative estimate of drug-likeness (QED) is 0.911. The Morgan fingerprint density at radius 3 is 2.88 bits per heavy atom. The number of anilines is 1. The highest BCUT2D eigenvalue weighted by Gasteiger charge is 2.25. The predicted octanol–water partition coefficient (Wildman–Crippen LogP) is 2.49. The molecule has 1 fully saturated rings. The van der Waals surface area contributed by atoms with E-state index in [9.17, 15) is 0 Å². The second-order valence-electron chi connectivity index (χ2n) is 4.63. The molecule has 0 aliphatic carbocycles. The minimum Gasteiger partial charge on any atom is -0.371 e. The van der Waals surface area contributed by atoms with Crippen LogP contribution in [0.25, 0.3) is 0 Å². The summed E-state index contributed by atoms with van der Waals surface area (Å²) in [5.74, 6) is 0.574. The van der Waals surface area contributed by atoms with Crippen molar-refractivity contribution < 1.29 is 0 Å². The fourth-order valence-corrected chi connectivity index (χ4v) is 2.70. The first-order valence-electron chi connectivity index (χ1n) is 5.82. The van der Waals surface area contributed by atoms with Gasteiger partial charge in [0.25, 0.3) is 0 Å². The largest absolute Gasteiger partial charge is 0.371 e. The Hall–Kier alpha value is -1.05. The summed E-state index contributed by atoms with van der Waals surface area (Å²) >= 11 is 3.42. The van der Waals surface area contributed by atoms with Gasteiger partial charge in [-0.05, 0) is 53.4 Å². The summed E-state index contributed by atoms with van der Waals surface area (Å²) in [7, 11) is 0. The first kappa shape index (κ1) is 12.4. The second-order valence-corrected chi connectivity index (χ2v) is 5.48. The summed E-state index contributed by atoms with van der Waals surface area (Å²) in [5, 5.41) is 8.88. The molecule has 1 aliphatic heterocycles. The molecule has 0 radical (unpaired) electrons. The molecule has 0 spiro atoms. The molecule has 17 heavy (non-hydrogen) atoms. The van der Waals surface area contributed by atoms with Crippen molar-refractivity contribution in [1.82, 2.24) is 0 Å². The lowest BCUT2D eigenvalue weighted by Crippen LogP contribution is -2.29. The van der Waals surface area contributed by atoms with E-state index in [1.54, 1.807) is 0 Å². The van der Waals surface area contributed by atoms with Crippen molar-refractivity contribution in [3.8, 4) is 6.07 Å². The maximum Gasteiger partial charge on any atom is 0.100 e. The first-order chi connectivity index (χ1) is 8.11. The number of nitrogens with zero attached hydrogens (tertiary/aromatic N) is 2. The van der Waals surface area contributed by atoms with E-state index in [0.717, 1.165) is 24.0 Å². The number of rotatable bonds is 2. The Balaban J connectivity index is 2.15. The van der Waals surface area contributed by atoms with Crippen LogP contribution in [0.1, 0.15) is 18.9 Å². The molecule has 2 N–H and O–H groups in total. The molecule has 3 nitrogen and oxygen atoms in total. The van der Waals surface area contributed by atoms with Gasteiger partial charge in [0, 0.05) is 29.3 Å². The Kier molecular flexibility index (Phi) is 3.70. The van der Waals surface area contributed by atoms with Crippen LogP contribution in [0.5, 0.6) is 0 Å². The molecule has 0 amide bonds. The third-order valence-electron chi connectivity index (χ3n) is 3.41. The van der Waals surface area contributed by atoms with Gasteiger partial charge < -0.3 is 10.6 Å². The molecule has 2 unspecified atom stereocenters. The van der Waals surface area contributed by atoms with E-state index in [1.165, 1.54) is 5.69 Å². The van der Waals surface area contributed by atoms with Crippen LogP contribution >= 0.6 is 15.9 Å². The third-order valence-corrected chi connectivity index (χ3v) is 4.06. The van der Waals surface area contributed by atoms with Crippen molar-refractivity contribution in [2.24, 2.45) is 11.7 Å². The summed E-state index contributed by atoms with van der Waals surface area (Å²) in [6.45, 7) is 4.13. The number of hydrogen-bond acceptors (Lipinski definition) is 3. The van der Waals surface area contributed by atoms with Crippen LogP contribution in [0, 0.1) is 17.2 Å². The van der Waals surface area contributed by atoms with Crippen LogP contribution in [0.15, 0.2) is 22.7 Å². The van der Waals surface area contributed by atoms with Gasteiger partial charge in [-0.3, -0.25) is 0 Å². The van der Waals surface area contributed by atoms with Gasteiger partial charge in [-0.1, -0.05) is 0 Å². The third kappa shape index (κ3) is 2.62. The molecular weight excluding hydrogens is 278 g/mol. The molecule has 0 saturated carbocycles. The van der Waals surface area contributed by atoms with E-state index in [2.05, 4.69) is 33.8 Å². The van der Waals surface area contributed by atoms with E-state index >= 15 is 0 Å². The summed E-state index contributed by atoms with van der Waals surface area (Å²) in [4.78, 5) is 2.33. The zero-order valence-corrected chi connectivity index (χ0v) is 11.4. The zero-order chi connectivity index (χ0) is 12.4. The molecule has 1 aromatic rings. The van der Waals surface area contributed by atoms with Gasteiger partial charge >= 0.3 is 0 Å². The highest BCUT2D eigenvalue weighted by molar-refractivity contribution is 9.10. The fourth-order valence-electron chi connectivity index (χ4n) is 2.24. The number of nitriles is 1. The highest BCUT2D eigenvalue weighted by Crippen LogP contribution is 2.28. The highest BCUT2D eigenvalue weighted by atomic mass is 79.9. The molecule has 1 heterocycles. The molecule has 0 bridgehead atoms. The number of halogens is 1. The number of nitrogens with two attached hydrogens (primary N) is 1. The molecule has 2 rings (SSSR count). The normalized spacial score (nSPS) is 21.3. The van der Waals surface area contributed by atoms with Gasteiger partial charge in [-0.15, -0.1) is 0 Å². The van der Waals surface area contributed by atoms with Crippen LogP contribution in [-0.4, -0.2) is 19.1 Å². The average Bonchev–Trinajstić information content (AvgIpc) is 2.78. The fraction of sp³-hybridized carbons (Fsp3) is 0.462. The van der Waals surface area contributed by atoms with Gasteiger partial charge in [-0.2, -0.15) is 5.26 Å². The van der Waals surface area contributed by atoms with E-state index in [1.807, 2.05) is 18.2 Å². The Morgan fingerprint density at radius 2 is 2.35 bits per heavy atom. The molecular formula is C13H16BrN3. The van der Waals surface area contributed by atoms with Crippen LogP contribution in [0.3, 0.4) is 0 Å². The molecule has 2 atom stereocenters. The van der Waals surface area contributed by atoms with Crippen LogP contribution in [0.2, 0.25) is 0 Å². The zero-order valence-electron chi connectivity index (χ0n) is 9.86. The van der Waals surface area contributed by atoms with Crippen molar-refractivity contribution in [3.05, 3.63) is 28.2 Å². The molecule has 4 heteroatoms. The minimum absolute atomic E-state index is 0.252. The van der Waals surface area contributed by atoms with Gasteiger partial charge in [0.05, 0.1) is 5.56 Å². The number of benzene rings is 1. The Labute approximate surface area is 110 Å². The lowest BCUT2D eigenvalue weighted by molar-refractivity contribution is 0.488. The number of hydrogen-bond donors (Lipinski definition) is 1. The van der Waals surface area contributed by atoms with Gasteiger partial charge in [0.1, 0.15) is 6.07 Å². The Morgan fingerprint density at radius 1 is 1.59 bits per heavy atom. The minimum atomic E-state index is 0.252. The first-order valence-corrected chi connectivity index (χ1v) is 6.61. The smallest absolute Gasteiger partial charge is 0.100 e. The molecule has 0 aromatic heterocycles. The maximum absolute atomic E-state index is 8.88. The monoisotopic (exact) mass is 293 g/mol. The lowest BCUT2D eigenvalue weighted by Gasteiger charge is -2.20.